The molecule has 17 heavy (non-hydrogen) atoms. The number of nitrogens with one attached hydrogen (secondary N) is 1. The van der Waals surface area contributed by atoms with Gasteiger partial charge in [0.05, 0.1) is 6.10 Å². The molecule has 0 aliphatic rings. The summed E-state index contributed by atoms with van der Waals surface area (Å²) in [5, 5.41) is 22.5. The average Bonchev–Trinajstić information content (AvgIpc) is 2.28. The van der Waals surface area contributed by atoms with E-state index in [-0.39, 0.29) is 6.10 Å². The Morgan fingerprint density at radius 3 is 2.65 bits per heavy atom. The van der Waals surface area contributed by atoms with Crippen molar-refractivity contribution in [2.24, 2.45) is 5.92 Å². The standard InChI is InChI=1S/C14H23NO2/c1-10(2)13(16)6-7-15-9-12-8-11(3)4-5-14(12)17/h4-5,8,10,13,15-17H,6-7,9H2,1-3H3. The zero-order chi connectivity index (χ0) is 12.8. The molecule has 0 saturated carbocycles. The van der Waals surface area contributed by atoms with Gasteiger partial charge in [0.2, 0.25) is 0 Å². The summed E-state index contributed by atoms with van der Waals surface area (Å²) in [6.07, 6.45) is 0.484. The lowest BCUT2D eigenvalue weighted by Crippen LogP contribution is -2.23. The normalized spacial score (nSPS) is 13.0. The van der Waals surface area contributed by atoms with Crippen LogP contribution in [0.3, 0.4) is 0 Å². The van der Waals surface area contributed by atoms with Crippen LogP contribution in [0, 0.1) is 12.8 Å². The maximum Gasteiger partial charge on any atom is 0.120 e. The smallest absolute Gasteiger partial charge is 0.120 e. The second-order valence-electron chi connectivity index (χ2n) is 4.91. The lowest BCUT2D eigenvalue weighted by atomic mass is 10.0. The monoisotopic (exact) mass is 237 g/mol. The fraction of sp³-hybridized carbons (Fsp3) is 0.571. The Labute approximate surface area is 103 Å². The first-order valence-corrected chi connectivity index (χ1v) is 6.18. The van der Waals surface area contributed by atoms with Crippen LogP contribution in [-0.2, 0) is 6.54 Å². The molecule has 0 bridgehead atoms. The summed E-state index contributed by atoms with van der Waals surface area (Å²) < 4.78 is 0. The maximum atomic E-state index is 9.64. The molecule has 0 spiro atoms. The third-order valence-electron chi connectivity index (χ3n) is 2.94. The fourth-order valence-electron chi connectivity index (χ4n) is 1.66. The number of aliphatic hydroxyl groups is 1. The third-order valence-corrected chi connectivity index (χ3v) is 2.94. The van der Waals surface area contributed by atoms with Crippen molar-refractivity contribution >= 4 is 0 Å². The minimum atomic E-state index is -0.256. The molecule has 3 N–H and O–H groups in total. The Morgan fingerprint density at radius 1 is 1.29 bits per heavy atom. The summed E-state index contributed by atoms with van der Waals surface area (Å²) in [7, 11) is 0. The Morgan fingerprint density at radius 2 is 2.00 bits per heavy atom. The number of hydrogen-bond donors (Lipinski definition) is 3. The number of hydrogen-bond acceptors (Lipinski definition) is 3. The Kier molecular flexibility index (Phi) is 5.45. The first kappa shape index (κ1) is 14.0. The molecule has 3 nitrogen and oxygen atoms in total. The van der Waals surface area contributed by atoms with Gasteiger partial charge in [0.15, 0.2) is 0 Å². The van der Waals surface area contributed by atoms with Crippen LogP contribution in [0.15, 0.2) is 18.2 Å². The molecule has 1 rings (SSSR count). The number of aryl methyl sites for hydroxylation is 1. The molecule has 0 radical (unpaired) electrons. The summed E-state index contributed by atoms with van der Waals surface area (Å²) in [5.41, 5.74) is 2.05. The number of aliphatic hydroxyl groups excluding tert-OH is 1. The number of rotatable bonds is 6. The first-order chi connectivity index (χ1) is 8.00. The van der Waals surface area contributed by atoms with Crippen LogP contribution in [0.2, 0.25) is 0 Å². The Bertz CT molecular complexity index is 350. The molecule has 0 aromatic heterocycles. The molecule has 0 aliphatic heterocycles. The van der Waals surface area contributed by atoms with Gasteiger partial charge in [0, 0.05) is 12.1 Å². The molecule has 1 aromatic rings. The minimum Gasteiger partial charge on any atom is -0.508 e. The Balaban J connectivity index is 2.33. The van der Waals surface area contributed by atoms with Crippen molar-refractivity contribution in [3.63, 3.8) is 0 Å². The second-order valence-corrected chi connectivity index (χ2v) is 4.91. The van der Waals surface area contributed by atoms with E-state index >= 15 is 0 Å². The van der Waals surface area contributed by atoms with Gasteiger partial charge < -0.3 is 15.5 Å². The molecule has 0 heterocycles. The van der Waals surface area contributed by atoms with Gasteiger partial charge in [-0.2, -0.15) is 0 Å². The van der Waals surface area contributed by atoms with Gasteiger partial charge >= 0.3 is 0 Å². The summed E-state index contributed by atoms with van der Waals surface area (Å²) in [6, 6.07) is 5.58. The van der Waals surface area contributed by atoms with Crippen LogP contribution in [-0.4, -0.2) is 22.9 Å². The van der Waals surface area contributed by atoms with E-state index in [1.807, 2.05) is 32.9 Å². The van der Waals surface area contributed by atoms with E-state index in [9.17, 15) is 10.2 Å². The van der Waals surface area contributed by atoms with E-state index in [4.69, 9.17) is 0 Å². The largest absolute Gasteiger partial charge is 0.508 e. The average molecular weight is 237 g/mol. The van der Waals surface area contributed by atoms with Crippen molar-refractivity contribution in [3.05, 3.63) is 29.3 Å². The van der Waals surface area contributed by atoms with Crippen LogP contribution in [0.1, 0.15) is 31.4 Å². The predicted molar refractivity (Wildman–Crippen MR) is 70.0 cm³/mol. The van der Waals surface area contributed by atoms with Crippen molar-refractivity contribution in [2.75, 3.05) is 6.54 Å². The van der Waals surface area contributed by atoms with Crippen molar-refractivity contribution in [1.29, 1.82) is 0 Å². The van der Waals surface area contributed by atoms with Crippen molar-refractivity contribution < 1.29 is 10.2 Å². The molecule has 1 aromatic carbocycles. The maximum absolute atomic E-state index is 9.64. The highest BCUT2D eigenvalue weighted by atomic mass is 16.3. The predicted octanol–water partition coefficient (Wildman–Crippen LogP) is 2.20. The topological polar surface area (TPSA) is 52.5 Å². The Hall–Kier alpha value is -1.06. The number of phenolic OH excluding ortho intramolecular Hbond substituents is 1. The van der Waals surface area contributed by atoms with E-state index in [2.05, 4.69) is 5.32 Å². The van der Waals surface area contributed by atoms with Gasteiger partial charge in [0.1, 0.15) is 5.75 Å². The first-order valence-electron chi connectivity index (χ1n) is 6.18. The highest BCUT2D eigenvalue weighted by Gasteiger charge is 2.08. The number of phenols is 1. The van der Waals surface area contributed by atoms with Crippen LogP contribution in [0.5, 0.6) is 5.75 Å². The van der Waals surface area contributed by atoms with Crippen LogP contribution >= 0.6 is 0 Å². The molecule has 1 unspecified atom stereocenters. The van der Waals surface area contributed by atoms with Crippen LogP contribution < -0.4 is 5.32 Å². The summed E-state index contributed by atoms with van der Waals surface area (Å²) in [4.78, 5) is 0. The lowest BCUT2D eigenvalue weighted by molar-refractivity contribution is 0.116. The summed E-state index contributed by atoms with van der Waals surface area (Å²) in [5.74, 6) is 0.622. The van der Waals surface area contributed by atoms with Gasteiger partial charge in [-0.15, -0.1) is 0 Å². The summed E-state index contributed by atoms with van der Waals surface area (Å²) >= 11 is 0. The van der Waals surface area contributed by atoms with E-state index in [1.165, 1.54) is 0 Å². The van der Waals surface area contributed by atoms with E-state index in [0.717, 1.165) is 24.1 Å². The third kappa shape index (κ3) is 4.75. The molecular weight excluding hydrogens is 214 g/mol. The van der Waals surface area contributed by atoms with Gasteiger partial charge in [-0.3, -0.25) is 0 Å². The van der Waals surface area contributed by atoms with Crippen molar-refractivity contribution in [2.45, 2.75) is 39.8 Å². The highest BCUT2D eigenvalue weighted by Crippen LogP contribution is 2.17. The molecule has 3 heteroatoms. The molecule has 96 valence electrons. The minimum absolute atomic E-state index is 0.256. The number of aromatic hydroxyl groups is 1. The van der Waals surface area contributed by atoms with Crippen LogP contribution in [0.25, 0.3) is 0 Å². The van der Waals surface area contributed by atoms with Crippen molar-refractivity contribution in [1.82, 2.24) is 5.32 Å². The second kappa shape index (κ2) is 6.62. The van der Waals surface area contributed by atoms with Crippen molar-refractivity contribution in [3.8, 4) is 5.75 Å². The molecule has 0 fully saturated rings. The van der Waals surface area contributed by atoms with Gasteiger partial charge in [-0.1, -0.05) is 31.5 Å². The molecule has 0 saturated heterocycles. The number of benzene rings is 1. The van der Waals surface area contributed by atoms with E-state index in [1.54, 1.807) is 6.07 Å². The fourth-order valence-corrected chi connectivity index (χ4v) is 1.66. The quantitative estimate of drug-likeness (QED) is 0.665. The van der Waals surface area contributed by atoms with Gasteiger partial charge in [-0.05, 0) is 31.9 Å². The van der Waals surface area contributed by atoms with E-state index < -0.39 is 0 Å². The molecular formula is C14H23NO2. The van der Waals surface area contributed by atoms with Crippen LogP contribution in [0.4, 0.5) is 0 Å². The lowest BCUT2D eigenvalue weighted by Gasteiger charge is -2.14. The van der Waals surface area contributed by atoms with Gasteiger partial charge in [-0.25, -0.2) is 0 Å². The summed E-state index contributed by atoms with van der Waals surface area (Å²) in [6.45, 7) is 7.42. The molecule has 1 atom stereocenters. The zero-order valence-electron chi connectivity index (χ0n) is 10.9. The molecule has 0 aliphatic carbocycles. The van der Waals surface area contributed by atoms with Gasteiger partial charge in [0.25, 0.3) is 0 Å². The SMILES string of the molecule is Cc1ccc(O)c(CNCCC(O)C(C)C)c1. The highest BCUT2D eigenvalue weighted by molar-refractivity contribution is 5.35. The molecule has 0 amide bonds. The zero-order valence-corrected chi connectivity index (χ0v) is 10.9. The van der Waals surface area contributed by atoms with E-state index in [0.29, 0.717) is 18.2 Å².